The van der Waals surface area contributed by atoms with Crippen molar-refractivity contribution in [2.24, 2.45) is 0 Å². The number of rotatable bonds is 7. The predicted octanol–water partition coefficient (Wildman–Crippen LogP) is 6.98. The molecule has 39 heavy (non-hydrogen) atoms. The lowest BCUT2D eigenvalue weighted by Gasteiger charge is -2.25. The summed E-state index contributed by atoms with van der Waals surface area (Å²) in [4.78, 5) is 31.9. The molecule has 0 saturated carbocycles. The molecule has 4 aromatic rings. The minimum atomic E-state index is -1.14. The molecule has 1 heterocycles. The summed E-state index contributed by atoms with van der Waals surface area (Å²) < 4.78 is 26.8. The molecular formula is C31H30BrFN2O4. The molecule has 4 rings (SSSR count). The minimum absolute atomic E-state index is 0.0265. The third-order valence-corrected chi connectivity index (χ3v) is 6.70. The summed E-state index contributed by atoms with van der Waals surface area (Å²) in [5.74, 6) is -2.66. The second-order valence-electron chi connectivity index (χ2n) is 10.1. The predicted molar refractivity (Wildman–Crippen MR) is 153 cm³/mol. The number of nitrogens with zero attached hydrogens (tertiary/aromatic N) is 1. The Hall–Kier alpha value is -3.78. The van der Waals surface area contributed by atoms with Gasteiger partial charge >= 0.3 is 5.97 Å². The monoisotopic (exact) mass is 592 g/mol. The van der Waals surface area contributed by atoms with Crippen LogP contribution in [0.1, 0.15) is 48.2 Å². The highest BCUT2D eigenvalue weighted by Gasteiger charge is 2.32. The van der Waals surface area contributed by atoms with Crippen molar-refractivity contribution in [3.8, 4) is 17.0 Å². The molecule has 0 aliphatic rings. The van der Waals surface area contributed by atoms with E-state index in [0.29, 0.717) is 27.7 Å². The lowest BCUT2D eigenvalue weighted by molar-refractivity contribution is -0.156. The molecule has 0 aliphatic carbocycles. The molecule has 8 heteroatoms. The summed E-state index contributed by atoms with van der Waals surface area (Å²) >= 11 is 3.49. The highest BCUT2D eigenvalue weighted by molar-refractivity contribution is 9.10. The number of pyridine rings is 1. The zero-order chi connectivity index (χ0) is 28.3. The molecule has 3 aromatic carbocycles. The van der Waals surface area contributed by atoms with Crippen LogP contribution in [0.4, 0.5) is 4.39 Å². The standard InChI is InChI=1S/C31H30BrFN2O4/c1-18-26(21-16-20(32)14-15-24(21)35-28(18)19-10-7-6-8-11-19)29(36)34-17-22(30(37)39-31(2,3)4)27-23(33)12-9-13-25(27)38-5/h6-16,22H,17H2,1-5H3,(H,34,36). The molecule has 0 aliphatic heterocycles. The van der Waals surface area contributed by atoms with E-state index in [9.17, 15) is 9.59 Å². The summed E-state index contributed by atoms with van der Waals surface area (Å²) in [5.41, 5.74) is 2.51. The number of benzene rings is 3. The molecule has 1 unspecified atom stereocenters. The third kappa shape index (κ3) is 6.28. The quantitative estimate of drug-likeness (QED) is 0.234. The summed E-state index contributed by atoms with van der Waals surface area (Å²) in [6, 6.07) is 19.5. The van der Waals surface area contributed by atoms with Gasteiger partial charge in [-0.2, -0.15) is 0 Å². The van der Waals surface area contributed by atoms with E-state index in [1.54, 1.807) is 26.8 Å². The molecule has 0 saturated heterocycles. The van der Waals surface area contributed by atoms with Crippen molar-refractivity contribution >= 4 is 38.7 Å². The summed E-state index contributed by atoms with van der Waals surface area (Å²) in [6.45, 7) is 6.83. The van der Waals surface area contributed by atoms with Crippen LogP contribution in [0.15, 0.2) is 71.2 Å². The molecule has 1 N–H and O–H groups in total. The number of ether oxygens (including phenoxy) is 2. The summed E-state index contributed by atoms with van der Waals surface area (Å²) in [5, 5.41) is 3.52. The zero-order valence-electron chi connectivity index (χ0n) is 22.5. The second-order valence-corrected chi connectivity index (χ2v) is 11.1. The highest BCUT2D eigenvalue weighted by atomic mass is 79.9. The molecule has 0 fully saturated rings. The summed E-state index contributed by atoms with van der Waals surface area (Å²) in [6.07, 6.45) is 0. The molecule has 1 atom stereocenters. The number of aromatic nitrogens is 1. The number of halogens is 2. The van der Waals surface area contributed by atoms with E-state index in [4.69, 9.17) is 14.5 Å². The number of esters is 1. The van der Waals surface area contributed by atoms with Gasteiger partial charge in [0, 0.05) is 27.5 Å². The number of fused-ring (bicyclic) bond motifs is 1. The van der Waals surface area contributed by atoms with E-state index in [1.165, 1.54) is 19.2 Å². The van der Waals surface area contributed by atoms with E-state index in [1.807, 2.05) is 55.5 Å². The van der Waals surface area contributed by atoms with E-state index in [0.717, 1.165) is 10.0 Å². The van der Waals surface area contributed by atoms with Crippen LogP contribution in [0.3, 0.4) is 0 Å². The maximum Gasteiger partial charge on any atom is 0.316 e. The van der Waals surface area contributed by atoms with Gasteiger partial charge in [-0.05, 0) is 63.6 Å². The van der Waals surface area contributed by atoms with Gasteiger partial charge in [-0.1, -0.05) is 52.3 Å². The van der Waals surface area contributed by atoms with Gasteiger partial charge < -0.3 is 14.8 Å². The van der Waals surface area contributed by atoms with Crippen LogP contribution in [0.5, 0.6) is 5.75 Å². The van der Waals surface area contributed by atoms with E-state index < -0.39 is 29.2 Å². The van der Waals surface area contributed by atoms with Crippen LogP contribution in [-0.2, 0) is 9.53 Å². The number of amides is 1. The molecular weight excluding hydrogens is 563 g/mol. The average Bonchev–Trinajstić information content (AvgIpc) is 2.88. The van der Waals surface area contributed by atoms with Crippen LogP contribution in [0.25, 0.3) is 22.2 Å². The maximum absolute atomic E-state index is 15.1. The SMILES string of the molecule is COc1cccc(F)c1C(CNC(=O)c1c(C)c(-c2ccccc2)nc2ccc(Br)cc12)C(=O)OC(C)(C)C. The fourth-order valence-corrected chi connectivity index (χ4v) is 4.85. The number of hydrogen-bond donors (Lipinski definition) is 1. The fraction of sp³-hybridized carbons (Fsp3) is 0.258. The van der Waals surface area contributed by atoms with Gasteiger partial charge in [0.1, 0.15) is 23.1 Å². The Balaban J connectivity index is 1.77. The van der Waals surface area contributed by atoms with Crippen LogP contribution in [-0.4, -0.2) is 36.1 Å². The van der Waals surface area contributed by atoms with Crippen molar-refractivity contribution in [2.75, 3.05) is 13.7 Å². The van der Waals surface area contributed by atoms with Crippen LogP contribution >= 0.6 is 15.9 Å². The molecule has 1 aromatic heterocycles. The Labute approximate surface area is 235 Å². The van der Waals surface area contributed by atoms with Crippen molar-refractivity contribution in [3.63, 3.8) is 0 Å². The lowest BCUT2D eigenvalue weighted by Crippen LogP contribution is -2.36. The number of hydrogen-bond acceptors (Lipinski definition) is 5. The Morgan fingerprint density at radius 3 is 2.44 bits per heavy atom. The van der Waals surface area contributed by atoms with Gasteiger partial charge in [-0.25, -0.2) is 9.37 Å². The van der Waals surface area contributed by atoms with E-state index in [-0.39, 0.29) is 17.9 Å². The average molecular weight is 593 g/mol. The first-order valence-corrected chi connectivity index (χ1v) is 13.3. The van der Waals surface area contributed by atoms with Crippen LogP contribution in [0.2, 0.25) is 0 Å². The molecule has 202 valence electrons. The van der Waals surface area contributed by atoms with Crippen molar-refractivity contribution in [2.45, 2.75) is 39.2 Å². The molecule has 0 bridgehead atoms. The number of methoxy groups -OCH3 is 1. The van der Waals surface area contributed by atoms with Crippen LogP contribution < -0.4 is 10.1 Å². The van der Waals surface area contributed by atoms with Crippen molar-refractivity contribution in [1.29, 1.82) is 0 Å². The van der Waals surface area contributed by atoms with E-state index >= 15 is 4.39 Å². The normalized spacial score (nSPS) is 12.2. The Morgan fingerprint density at radius 1 is 1.05 bits per heavy atom. The van der Waals surface area contributed by atoms with Gasteiger partial charge in [0.15, 0.2) is 0 Å². The summed E-state index contributed by atoms with van der Waals surface area (Å²) in [7, 11) is 1.40. The van der Waals surface area contributed by atoms with Crippen molar-refractivity contribution < 1.29 is 23.5 Å². The van der Waals surface area contributed by atoms with Crippen LogP contribution in [0, 0.1) is 12.7 Å². The smallest absolute Gasteiger partial charge is 0.316 e. The first kappa shape index (κ1) is 28.2. The number of carbonyl (C=O) groups excluding carboxylic acids is 2. The number of nitrogens with one attached hydrogen (secondary N) is 1. The van der Waals surface area contributed by atoms with Gasteiger partial charge in [0.2, 0.25) is 0 Å². The Kier molecular flexibility index (Phi) is 8.35. The first-order chi connectivity index (χ1) is 18.5. The third-order valence-electron chi connectivity index (χ3n) is 6.20. The first-order valence-electron chi connectivity index (χ1n) is 12.5. The van der Waals surface area contributed by atoms with E-state index in [2.05, 4.69) is 21.2 Å². The largest absolute Gasteiger partial charge is 0.496 e. The minimum Gasteiger partial charge on any atom is -0.496 e. The topological polar surface area (TPSA) is 77.5 Å². The lowest BCUT2D eigenvalue weighted by atomic mass is 9.95. The maximum atomic E-state index is 15.1. The van der Waals surface area contributed by atoms with Gasteiger partial charge in [0.25, 0.3) is 5.91 Å². The number of carbonyl (C=O) groups is 2. The highest BCUT2D eigenvalue weighted by Crippen LogP contribution is 2.33. The molecule has 6 nitrogen and oxygen atoms in total. The fourth-order valence-electron chi connectivity index (χ4n) is 4.49. The van der Waals surface area contributed by atoms with Crippen molar-refractivity contribution in [1.82, 2.24) is 10.3 Å². The van der Waals surface area contributed by atoms with Gasteiger partial charge in [-0.15, -0.1) is 0 Å². The van der Waals surface area contributed by atoms with Gasteiger partial charge in [-0.3, -0.25) is 9.59 Å². The zero-order valence-corrected chi connectivity index (χ0v) is 24.1. The Morgan fingerprint density at radius 2 is 1.77 bits per heavy atom. The van der Waals surface area contributed by atoms with Crippen molar-refractivity contribution in [3.05, 3.63) is 93.7 Å². The molecule has 0 radical (unpaired) electrons. The Bertz CT molecular complexity index is 1530. The van der Waals surface area contributed by atoms with Gasteiger partial charge in [0.05, 0.1) is 23.9 Å². The second kappa shape index (κ2) is 11.5. The molecule has 0 spiro atoms. The molecule has 1 amide bonds.